The largest absolute Gasteiger partial charge is 0.350 e. The van der Waals surface area contributed by atoms with Crippen LogP contribution in [-0.2, 0) is 9.59 Å². The minimum absolute atomic E-state index is 0.205. The molecular formula is C31H25N3O3S. The first-order valence-electron chi connectivity index (χ1n) is 12.1. The summed E-state index contributed by atoms with van der Waals surface area (Å²) >= 11 is 1.21. The van der Waals surface area contributed by atoms with Crippen molar-refractivity contribution in [1.82, 2.24) is 0 Å². The highest BCUT2D eigenvalue weighted by Gasteiger charge is 2.40. The van der Waals surface area contributed by atoms with E-state index in [1.165, 1.54) is 16.7 Å². The monoisotopic (exact) mass is 519 g/mol. The highest BCUT2D eigenvalue weighted by molar-refractivity contribution is 8.04. The number of rotatable bonds is 7. The number of imide groups is 1. The Morgan fingerprint density at radius 1 is 0.711 bits per heavy atom. The van der Waals surface area contributed by atoms with Crippen molar-refractivity contribution >= 4 is 46.5 Å². The minimum Gasteiger partial charge on any atom is -0.350 e. The zero-order valence-electron chi connectivity index (χ0n) is 20.9. The van der Waals surface area contributed by atoms with Gasteiger partial charge in [0.15, 0.2) is 0 Å². The SMILES string of the molecule is Cc1ccc(N2C(=O)C(Nc3ccccc3)=C(Sc3ccc(NC(=O)c4ccccc4)cc3)C2=O)cc1C. The predicted molar refractivity (Wildman–Crippen MR) is 152 cm³/mol. The second kappa shape index (κ2) is 10.8. The molecule has 0 bridgehead atoms. The van der Waals surface area contributed by atoms with Crippen LogP contribution in [0.1, 0.15) is 21.5 Å². The van der Waals surface area contributed by atoms with E-state index in [0.29, 0.717) is 27.5 Å². The first kappa shape index (κ1) is 25.0. The standard InChI is InChI=1S/C31H25N3O3S/c1-20-13-16-25(19-21(20)2)34-30(36)27(32-23-11-7-4-8-12-23)28(31(34)37)38-26-17-14-24(15-18-26)33-29(35)22-9-5-3-6-10-22/h3-19,32H,1-2H3,(H,33,35). The van der Waals surface area contributed by atoms with Gasteiger partial charge in [0.1, 0.15) is 10.6 Å². The van der Waals surface area contributed by atoms with Gasteiger partial charge in [0, 0.05) is 21.8 Å². The van der Waals surface area contributed by atoms with Gasteiger partial charge < -0.3 is 10.6 Å². The Morgan fingerprint density at radius 3 is 2.03 bits per heavy atom. The number of thioether (sulfide) groups is 1. The fraction of sp³-hybridized carbons (Fsp3) is 0.0645. The van der Waals surface area contributed by atoms with E-state index in [0.717, 1.165) is 16.0 Å². The summed E-state index contributed by atoms with van der Waals surface area (Å²) in [7, 11) is 0. The molecule has 4 aromatic carbocycles. The smallest absolute Gasteiger partial charge is 0.283 e. The van der Waals surface area contributed by atoms with Gasteiger partial charge in [-0.2, -0.15) is 0 Å². The second-order valence-corrected chi connectivity index (χ2v) is 9.94. The van der Waals surface area contributed by atoms with Crippen LogP contribution >= 0.6 is 11.8 Å². The Bertz CT molecular complexity index is 1550. The van der Waals surface area contributed by atoms with Crippen LogP contribution in [0.4, 0.5) is 17.1 Å². The van der Waals surface area contributed by atoms with Crippen molar-refractivity contribution in [2.24, 2.45) is 0 Å². The van der Waals surface area contributed by atoms with Crippen LogP contribution in [0.5, 0.6) is 0 Å². The number of amides is 3. The van der Waals surface area contributed by atoms with E-state index >= 15 is 0 Å². The van der Waals surface area contributed by atoms with Gasteiger partial charge in [-0.25, -0.2) is 4.90 Å². The van der Waals surface area contributed by atoms with Crippen molar-refractivity contribution in [3.63, 3.8) is 0 Å². The third kappa shape index (κ3) is 5.23. The van der Waals surface area contributed by atoms with E-state index in [2.05, 4.69) is 10.6 Å². The summed E-state index contributed by atoms with van der Waals surface area (Å²) in [5, 5.41) is 6.04. The van der Waals surface area contributed by atoms with Crippen LogP contribution in [-0.4, -0.2) is 17.7 Å². The molecule has 0 atom stereocenters. The van der Waals surface area contributed by atoms with E-state index in [4.69, 9.17) is 0 Å². The molecule has 0 fully saturated rings. The summed E-state index contributed by atoms with van der Waals surface area (Å²) in [6, 6.07) is 31.0. The highest BCUT2D eigenvalue weighted by Crippen LogP contribution is 2.38. The molecule has 1 aliphatic rings. The van der Waals surface area contributed by atoms with Crippen molar-refractivity contribution in [2.75, 3.05) is 15.5 Å². The van der Waals surface area contributed by atoms with Crippen LogP contribution in [0.2, 0.25) is 0 Å². The molecule has 7 heteroatoms. The van der Waals surface area contributed by atoms with E-state index in [-0.39, 0.29) is 17.5 Å². The molecule has 38 heavy (non-hydrogen) atoms. The summed E-state index contributed by atoms with van der Waals surface area (Å²) < 4.78 is 0. The zero-order valence-corrected chi connectivity index (χ0v) is 21.7. The van der Waals surface area contributed by atoms with Crippen molar-refractivity contribution in [3.8, 4) is 0 Å². The molecule has 0 saturated carbocycles. The minimum atomic E-state index is -0.406. The quantitative estimate of drug-likeness (QED) is 0.271. The summed E-state index contributed by atoms with van der Waals surface area (Å²) in [6.45, 7) is 3.94. The molecule has 0 aromatic heterocycles. The van der Waals surface area contributed by atoms with Crippen molar-refractivity contribution < 1.29 is 14.4 Å². The van der Waals surface area contributed by atoms with Crippen molar-refractivity contribution in [3.05, 3.63) is 130 Å². The van der Waals surface area contributed by atoms with Gasteiger partial charge in [-0.15, -0.1) is 0 Å². The summed E-state index contributed by atoms with van der Waals surface area (Å²) in [5.74, 6) is -0.997. The molecule has 6 nitrogen and oxygen atoms in total. The molecule has 0 unspecified atom stereocenters. The van der Waals surface area contributed by atoms with Gasteiger partial charge in [0.2, 0.25) is 0 Å². The van der Waals surface area contributed by atoms with Crippen LogP contribution in [0, 0.1) is 13.8 Å². The van der Waals surface area contributed by atoms with Crippen LogP contribution in [0.25, 0.3) is 0 Å². The molecule has 3 amide bonds. The molecule has 0 saturated heterocycles. The first-order valence-corrected chi connectivity index (χ1v) is 12.9. The predicted octanol–water partition coefficient (Wildman–Crippen LogP) is 6.54. The lowest BCUT2D eigenvalue weighted by atomic mass is 10.1. The van der Waals surface area contributed by atoms with Gasteiger partial charge in [0.05, 0.1) is 5.69 Å². The normalized spacial score (nSPS) is 13.2. The Balaban J connectivity index is 1.42. The molecule has 188 valence electrons. The number of carbonyl (C=O) groups excluding carboxylic acids is 3. The number of nitrogens with zero attached hydrogens (tertiary/aromatic N) is 1. The Hall–Kier alpha value is -4.62. The summed E-state index contributed by atoms with van der Waals surface area (Å²) in [4.78, 5) is 41.9. The first-order chi connectivity index (χ1) is 18.4. The van der Waals surface area contributed by atoms with E-state index in [1.807, 2.05) is 86.6 Å². The molecule has 0 spiro atoms. The summed E-state index contributed by atoms with van der Waals surface area (Å²) in [5.41, 5.74) is 4.74. The fourth-order valence-corrected chi connectivity index (χ4v) is 4.92. The lowest BCUT2D eigenvalue weighted by molar-refractivity contribution is -0.120. The van der Waals surface area contributed by atoms with Crippen LogP contribution in [0.15, 0.2) is 119 Å². The molecule has 1 heterocycles. The van der Waals surface area contributed by atoms with Crippen LogP contribution < -0.4 is 15.5 Å². The number of hydrogen-bond donors (Lipinski definition) is 2. The maximum Gasteiger partial charge on any atom is 0.283 e. The third-order valence-electron chi connectivity index (χ3n) is 6.20. The lowest BCUT2D eigenvalue weighted by Gasteiger charge is -2.16. The average molecular weight is 520 g/mol. The second-order valence-electron chi connectivity index (χ2n) is 8.86. The van der Waals surface area contributed by atoms with Crippen molar-refractivity contribution in [1.29, 1.82) is 0 Å². The number of carbonyl (C=O) groups is 3. The number of anilines is 3. The number of aryl methyl sites for hydroxylation is 2. The van der Waals surface area contributed by atoms with Crippen LogP contribution in [0.3, 0.4) is 0 Å². The Morgan fingerprint density at radius 2 is 1.37 bits per heavy atom. The maximum atomic E-state index is 13.6. The maximum absolute atomic E-state index is 13.6. The molecule has 2 N–H and O–H groups in total. The molecule has 4 aromatic rings. The molecule has 5 rings (SSSR count). The van der Waals surface area contributed by atoms with Gasteiger partial charge in [-0.1, -0.05) is 54.2 Å². The van der Waals surface area contributed by atoms with Crippen molar-refractivity contribution in [2.45, 2.75) is 18.7 Å². The highest BCUT2D eigenvalue weighted by atomic mass is 32.2. The number of nitrogens with one attached hydrogen (secondary N) is 2. The summed E-state index contributed by atoms with van der Waals surface area (Å²) in [6.07, 6.45) is 0. The van der Waals surface area contributed by atoms with E-state index in [9.17, 15) is 14.4 Å². The molecule has 0 aliphatic carbocycles. The Kier molecular flexibility index (Phi) is 7.11. The van der Waals surface area contributed by atoms with Gasteiger partial charge >= 0.3 is 0 Å². The number of hydrogen-bond acceptors (Lipinski definition) is 5. The number of benzene rings is 4. The van der Waals surface area contributed by atoms with E-state index < -0.39 is 5.91 Å². The van der Waals surface area contributed by atoms with Gasteiger partial charge in [-0.3, -0.25) is 14.4 Å². The zero-order chi connectivity index (χ0) is 26.6. The molecule has 1 aliphatic heterocycles. The third-order valence-corrected chi connectivity index (χ3v) is 7.29. The average Bonchev–Trinajstić information content (AvgIpc) is 3.16. The van der Waals surface area contributed by atoms with Gasteiger partial charge in [0.25, 0.3) is 17.7 Å². The Labute approximate surface area is 225 Å². The fourth-order valence-electron chi connectivity index (χ4n) is 4.00. The number of para-hydroxylation sites is 1. The van der Waals surface area contributed by atoms with Gasteiger partial charge in [-0.05, 0) is 85.6 Å². The topological polar surface area (TPSA) is 78.5 Å². The van der Waals surface area contributed by atoms with E-state index in [1.54, 1.807) is 30.3 Å². The molecular weight excluding hydrogens is 494 g/mol. The lowest BCUT2D eigenvalue weighted by Crippen LogP contribution is -2.32. The molecule has 0 radical (unpaired) electrons.